The fourth-order valence-electron chi connectivity index (χ4n) is 1.67. The first-order valence-electron chi connectivity index (χ1n) is 5.61. The predicted octanol–water partition coefficient (Wildman–Crippen LogP) is -0.112. The van der Waals surface area contributed by atoms with Gasteiger partial charge in [-0.25, -0.2) is 8.42 Å². The average molecular weight is 263 g/mol. The topological polar surface area (TPSA) is 91.8 Å². The van der Waals surface area contributed by atoms with Crippen LogP contribution in [0.2, 0.25) is 0 Å². The second-order valence-electron chi connectivity index (χ2n) is 4.13. The molecule has 0 radical (unpaired) electrons. The van der Waals surface area contributed by atoms with Crippen molar-refractivity contribution in [1.29, 1.82) is 0 Å². The Kier molecular flexibility index (Phi) is 4.92. The fourth-order valence-corrected chi connectivity index (χ4v) is 2.87. The minimum absolute atomic E-state index is 0.0356. The van der Waals surface area contributed by atoms with Crippen LogP contribution in [0.1, 0.15) is 25.7 Å². The molecule has 17 heavy (non-hydrogen) atoms. The van der Waals surface area contributed by atoms with Crippen LogP contribution in [0.25, 0.3) is 0 Å². The highest BCUT2D eigenvalue weighted by molar-refractivity contribution is 7.91. The maximum absolute atomic E-state index is 11.6. The summed E-state index contributed by atoms with van der Waals surface area (Å²) in [7, 11) is -2.96. The van der Waals surface area contributed by atoms with Gasteiger partial charge in [-0.3, -0.25) is 9.59 Å². The van der Waals surface area contributed by atoms with Crippen LogP contribution in [0, 0.1) is 0 Å². The number of carbonyl (C=O) groups excluding carboxylic acids is 1. The number of aliphatic carboxylic acids is 1. The number of hydrogen-bond acceptors (Lipinski definition) is 4. The van der Waals surface area contributed by atoms with Crippen molar-refractivity contribution in [1.82, 2.24) is 4.90 Å². The van der Waals surface area contributed by atoms with E-state index in [0.29, 0.717) is 19.3 Å². The molecule has 1 amide bonds. The number of sulfone groups is 1. The lowest BCUT2D eigenvalue weighted by molar-refractivity contribution is -0.137. The van der Waals surface area contributed by atoms with Crippen molar-refractivity contribution < 1.29 is 23.1 Å². The zero-order chi connectivity index (χ0) is 12.9. The highest BCUT2D eigenvalue weighted by atomic mass is 32.2. The maximum atomic E-state index is 11.6. The molecule has 98 valence electrons. The van der Waals surface area contributed by atoms with Crippen molar-refractivity contribution >= 4 is 21.7 Å². The van der Waals surface area contributed by atoms with Gasteiger partial charge in [-0.15, -0.1) is 0 Å². The van der Waals surface area contributed by atoms with Gasteiger partial charge in [0.15, 0.2) is 9.84 Å². The molecule has 0 aromatic carbocycles. The van der Waals surface area contributed by atoms with Gasteiger partial charge in [0.05, 0.1) is 11.5 Å². The summed E-state index contributed by atoms with van der Waals surface area (Å²) in [4.78, 5) is 23.4. The van der Waals surface area contributed by atoms with E-state index >= 15 is 0 Å². The Bertz CT molecular complexity index is 376. The molecule has 0 aromatic rings. The van der Waals surface area contributed by atoms with Crippen molar-refractivity contribution in [2.75, 3.05) is 24.6 Å². The second kappa shape index (κ2) is 6.00. The van der Waals surface area contributed by atoms with E-state index in [1.165, 1.54) is 0 Å². The molecule has 6 nitrogen and oxygen atoms in total. The molecule has 1 aliphatic heterocycles. The third-order valence-corrected chi connectivity index (χ3v) is 4.34. The van der Waals surface area contributed by atoms with Gasteiger partial charge in [-0.1, -0.05) is 0 Å². The number of unbranched alkanes of at least 4 members (excludes halogenated alkanes) is 1. The van der Waals surface area contributed by atoms with Crippen molar-refractivity contribution in [3.63, 3.8) is 0 Å². The Morgan fingerprint density at radius 3 is 2.12 bits per heavy atom. The monoisotopic (exact) mass is 263 g/mol. The van der Waals surface area contributed by atoms with Crippen LogP contribution >= 0.6 is 0 Å². The van der Waals surface area contributed by atoms with Crippen LogP contribution in [0.5, 0.6) is 0 Å². The summed E-state index contributed by atoms with van der Waals surface area (Å²) < 4.78 is 22.3. The molecular weight excluding hydrogens is 246 g/mol. The Hall–Kier alpha value is -1.11. The van der Waals surface area contributed by atoms with Crippen molar-refractivity contribution in [3.8, 4) is 0 Å². The molecule has 0 unspecified atom stereocenters. The first-order chi connectivity index (χ1) is 7.91. The lowest BCUT2D eigenvalue weighted by Gasteiger charge is -2.26. The largest absolute Gasteiger partial charge is 0.481 e. The quantitative estimate of drug-likeness (QED) is 0.699. The highest BCUT2D eigenvalue weighted by Gasteiger charge is 2.24. The van der Waals surface area contributed by atoms with E-state index in [0.717, 1.165) is 0 Å². The second-order valence-corrected chi connectivity index (χ2v) is 6.44. The Labute approximate surface area is 101 Å². The normalized spacial score (nSPS) is 18.9. The number of nitrogens with zero attached hydrogens (tertiary/aromatic N) is 1. The minimum atomic E-state index is -2.96. The van der Waals surface area contributed by atoms with Crippen molar-refractivity contribution in [2.24, 2.45) is 0 Å². The SMILES string of the molecule is O=C(O)CCCCC(=O)N1CCS(=O)(=O)CC1. The zero-order valence-corrected chi connectivity index (χ0v) is 10.4. The van der Waals surface area contributed by atoms with Gasteiger partial charge >= 0.3 is 5.97 Å². The van der Waals surface area contributed by atoms with E-state index in [9.17, 15) is 18.0 Å². The first kappa shape index (κ1) is 14.0. The van der Waals surface area contributed by atoms with Gasteiger partial charge in [0.1, 0.15) is 0 Å². The van der Waals surface area contributed by atoms with Gasteiger partial charge in [-0.05, 0) is 12.8 Å². The zero-order valence-electron chi connectivity index (χ0n) is 9.59. The summed E-state index contributed by atoms with van der Waals surface area (Å²) >= 11 is 0. The van der Waals surface area contributed by atoms with Crippen molar-refractivity contribution in [2.45, 2.75) is 25.7 Å². The van der Waals surface area contributed by atoms with E-state index in [1.807, 2.05) is 0 Å². The number of hydrogen-bond donors (Lipinski definition) is 1. The third kappa shape index (κ3) is 5.16. The minimum Gasteiger partial charge on any atom is -0.481 e. The van der Waals surface area contributed by atoms with Crippen LogP contribution in [0.3, 0.4) is 0 Å². The summed E-state index contributed by atoms with van der Waals surface area (Å²) in [6, 6.07) is 0. The summed E-state index contributed by atoms with van der Waals surface area (Å²) in [6.45, 7) is 0.528. The molecular formula is C10H17NO5S. The van der Waals surface area contributed by atoms with Crippen LogP contribution in [0.15, 0.2) is 0 Å². The maximum Gasteiger partial charge on any atom is 0.303 e. The summed E-state index contributed by atoms with van der Waals surface area (Å²) in [6.07, 6.45) is 1.39. The standard InChI is InChI=1S/C10H17NO5S/c12-9(3-1-2-4-10(13)14)11-5-7-17(15,16)8-6-11/h1-8H2,(H,13,14). The lowest BCUT2D eigenvalue weighted by atomic mass is 10.2. The van der Waals surface area contributed by atoms with Gasteiger partial charge < -0.3 is 10.0 Å². The molecule has 0 bridgehead atoms. The van der Waals surface area contributed by atoms with Crippen LogP contribution in [-0.2, 0) is 19.4 Å². The molecule has 0 saturated carbocycles. The van der Waals surface area contributed by atoms with Gasteiger partial charge in [0.2, 0.25) is 5.91 Å². The van der Waals surface area contributed by atoms with E-state index in [-0.39, 0.29) is 36.9 Å². The van der Waals surface area contributed by atoms with Crippen LogP contribution < -0.4 is 0 Å². The average Bonchev–Trinajstić information content (AvgIpc) is 2.23. The van der Waals surface area contributed by atoms with Gasteiger partial charge in [0.25, 0.3) is 0 Å². The number of carboxylic acid groups (broad SMARTS) is 1. The number of amides is 1. The molecule has 1 rings (SSSR count). The lowest BCUT2D eigenvalue weighted by Crippen LogP contribution is -2.43. The van der Waals surface area contributed by atoms with E-state index in [2.05, 4.69) is 0 Å². The third-order valence-electron chi connectivity index (χ3n) is 2.73. The molecule has 7 heteroatoms. The molecule has 1 heterocycles. The molecule has 0 spiro atoms. The van der Waals surface area contributed by atoms with Crippen LogP contribution in [0.4, 0.5) is 0 Å². The Balaban J connectivity index is 2.23. The molecule has 0 atom stereocenters. The predicted molar refractivity (Wildman–Crippen MR) is 61.3 cm³/mol. The van der Waals surface area contributed by atoms with Gasteiger partial charge in [0, 0.05) is 25.9 Å². The molecule has 1 saturated heterocycles. The van der Waals surface area contributed by atoms with E-state index in [1.54, 1.807) is 4.90 Å². The summed E-state index contributed by atoms with van der Waals surface area (Å²) in [5, 5.41) is 8.42. The fraction of sp³-hybridized carbons (Fsp3) is 0.800. The number of carboxylic acids is 1. The summed E-state index contributed by atoms with van der Waals surface area (Å²) in [5.41, 5.74) is 0. The molecule has 1 fully saturated rings. The number of carbonyl (C=O) groups is 2. The number of rotatable bonds is 5. The Morgan fingerprint density at radius 2 is 1.59 bits per heavy atom. The van der Waals surface area contributed by atoms with Crippen LogP contribution in [-0.4, -0.2) is 54.9 Å². The Morgan fingerprint density at radius 1 is 1.06 bits per heavy atom. The van der Waals surface area contributed by atoms with Gasteiger partial charge in [-0.2, -0.15) is 0 Å². The molecule has 0 aromatic heterocycles. The van der Waals surface area contributed by atoms with E-state index < -0.39 is 15.8 Å². The summed E-state index contributed by atoms with van der Waals surface area (Å²) in [5.74, 6) is -0.867. The molecule has 0 aliphatic carbocycles. The highest BCUT2D eigenvalue weighted by Crippen LogP contribution is 2.08. The molecule has 1 N–H and O–H groups in total. The van der Waals surface area contributed by atoms with E-state index in [4.69, 9.17) is 5.11 Å². The smallest absolute Gasteiger partial charge is 0.303 e. The first-order valence-corrected chi connectivity index (χ1v) is 7.43. The van der Waals surface area contributed by atoms with Crippen molar-refractivity contribution in [3.05, 3.63) is 0 Å². The molecule has 1 aliphatic rings.